The molecule has 1 N–H and O–H groups in total. The summed E-state index contributed by atoms with van der Waals surface area (Å²) < 4.78 is 0. The quantitative estimate of drug-likeness (QED) is 0.686. The highest BCUT2D eigenvalue weighted by molar-refractivity contribution is 8.15. The van der Waals surface area contributed by atoms with E-state index in [4.69, 9.17) is 0 Å². The number of amidine groups is 1. The van der Waals surface area contributed by atoms with E-state index in [1.54, 1.807) is 6.21 Å². The zero-order valence-electron chi connectivity index (χ0n) is 13.7. The van der Waals surface area contributed by atoms with Crippen LogP contribution in [0.25, 0.3) is 0 Å². The maximum absolute atomic E-state index is 12.1. The third-order valence-corrected chi connectivity index (χ3v) is 4.91. The number of benzene rings is 2. The highest BCUT2D eigenvalue weighted by Gasteiger charge is 2.30. The van der Waals surface area contributed by atoms with Gasteiger partial charge in [-0.15, -0.1) is 5.10 Å². The Bertz CT molecular complexity index is 814. The molecule has 1 aliphatic heterocycles. The van der Waals surface area contributed by atoms with Gasteiger partial charge in [-0.3, -0.25) is 4.79 Å². The summed E-state index contributed by atoms with van der Waals surface area (Å²) >= 11 is 1.44. The Kier molecular flexibility index (Phi) is 5.11. The van der Waals surface area contributed by atoms with Gasteiger partial charge in [-0.25, -0.2) is 0 Å². The molecular formula is C19H19N3OS. The van der Waals surface area contributed by atoms with Gasteiger partial charge in [-0.05, 0) is 37.0 Å². The van der Waals surface area contributed by atoms with Crippen LogP contribution in [0.15, 0.2) is 58.7 Å². The van der Waals surface area contributed by atoms with Crippen LogP contribution in [0, 0.1) is 13.8 Å². The molecule has 0 saturated carbocycles. The average molecular weight is 337 g/mol. The van der Waals surface area contributed by atoms with Crippen molar-refractivity contribution in [3.05, 3.63) is 70.8 Å². The summed E-state index contributed by atoms with van der Waals surface area (Å²) in [5.41, 5.74) is 4.56. The minimum absolute atomic E-state index is 0.00670. The van der Waals surface area contributed by atoms with Crippen LogP contribution in [0.2, 0.25) is 0 Å². The lowest BCUT2D eigenvalue weighted by Gasteiger charge is -2.07. The van der Waals surface area contributed by atoms with Crippen LogP contribution in [0.4, 0.5) is 0 Å². The molecule has 3 rings (SSSR count). The fraction of sp³-hybridized carbons (Fsp3) is 0.211. The molecule has 1 saturated heterocycles. The van der Waals surface area contributed by atoms with E-state index in [0.717, 1.165) is 5.56 Å². The van der Waals surface area contributed by atoms with E-state index in [0.29, 0.717) is 11.6 Å². The van der Waals surface area contributed by atoms with Crippen molar-refractivity contribution in [2.75, 3.05) is 0 Å². The number of amides is 1. The van der Waals surface area contributed by atoms with Gasteiger partial charge in [0.25, 0.3) is 0 Å². The Labute approximate surface area is 146 Å². The van der Waals surface area contributed by atoms with Gasteiger partial charge in [0, 0.05) is 0 Å². The molecule has 1 fully saturated rings. The molecule has 0 aromatic heterocycles. The number of carbonyl (C=O) groups excluding carboxylic acids is 1. The molecule has 1 heterocycles. The first-order valence-corrected chi connectivity index (χ1v) is 8.69. The Morgan fingerprint density at radius 2 is 2.00 bits per heavy atom. The second-order valence-electron chi connectivity index (χ2n) is 5.79. The van der Waals surface area contributed by atoms with Crippen molar-refractivity contribution in [1.29, 1.82) is 0 Å². The van der Waals surface area contributed by atoms with Crippen molar-refractivity contribution in [3.8, 4) is 0 Å². The highest BCUT2D eigenvalue weighted by Crippen LogP contribution is 2.24. The molecule has 0 radical (unpaired) electrons. The Hall–Kier alpha value is -2.40. The van der Waals surface area contributed by atoms with Crippen LogP contribution in [0.3, 0.4) is 0 Å². The molecule has 0 bridgehead atoms. The SMILES string of the molecule is Cc1cccc(/C=N/N=C2\NC(=O)C(Cc3ccccc3C)S2)c1. The van der Waals surface area contributed by atoms with Crippen LogP contribution in [-0.2, 0) is 11.2 Å². The van der Waals surface area contributed by atoms with Crippen molar-refractivity contribution in [1.82, 2.24) is 5.32 Å². The molecule has 1 unspecified atom stereocenters. The van der Waals surface area contributed by atoms with Gasteiger partial charge in [-0.2, -0.15) is 5.10 Å². The second kappa shape index (κ2) is 7.45. The number of rotatable bonds is 4. The van der Waals surface area contributed by atoms with E-state index in [1.807, 2.05) is 43.3 Å². The first kappa shape index (κ1) is 16.5. The van der Waals surface area contributed by atoms with Gasteiger partial charge >= 0.3 is 0 Å². The fourth-order valence-corrected chi connectivity index (χ4v) is 3.48. The first-order valence-electron chi connectivity index (χ1n) is 7.81. The molecular weight excluding hydrogens is 318 g/mol. The maximum Gasteiger partial charge on any atom is 0.239 e. The minimum Gasteiger partial charge on any atom is -0.303 e. The summed E-state index contributed by atoms with van der Waals surface area (Å²) in [7, 11) is 0. The number of carbonyl (C=O) groups is 1. The predicted molar refractivity (Wildman–Crippen MR) is 101 cm³/mol. The van der Waals surface area contributed by atoms with Crippen LogP contribution in [-0.4, -0.2) is 22.5 Å². The summed E-state index contributed by atoms with van der Waals surface area (Å²) in [6.07, 6.45) is 2.39. The topological polar surface area (TPSA) is 53.8 Å². The lowest BCUT2D eigenvalue weighted by Crippen LogP contribution is -2.26. The predicted octanol–water partition coefficient (Wildman–Crippen LogP) is 3.47. The largest absolute Gasteiger partial charge is 0.303 e. The van der Waals surface area contributed by atoms with E-state index in [2.05, 4.69) is 34.6 Å². The van der Waals surface area contributed by atoms with Gasteiger partial charge in [0.05, 0.1) is 11.5 Å². The fourth-order valence-electron chi connectivity index (χ4n) is 2.52. The van der Waals surface area contributed by atoms with Crippen LogP contribution in [0.1, 0.15) is 22.3 Å². The van der Waals surface area contributed by atoms with E-state index < -0.39 is 0 Å². The van der Waals surface area contributed by atoms with Crippen LogP contribution in [0.5, 0.6) is 0 Å². The smallest absolute Gasteiger partial charge is 0.239 e. The van der Waals surface area contributed by atoms with E-state index in [-0.39, 0.29) is 11.2 Å². The number of nitrogens with one attached hydrogen (secondary N) is 1. The van der Waals surface area contributed by atoms with Crippen molar-refractivity contribution in [2.45, 2.75) is 25.5 Å². The molecule has 5 heteroatoms. The van der Waals surface area contributed by atoms with Crippen molar-refractivity contribution in [2.24, 2.45) is 10.2 Å². The lowest BCUT2D eigenvalue weighted by molar-refractivity contribution is -0.118. The van der Waals surface area contributed by atoms with E-state index in [9.17, 15) is 4.79 Å². The maximum atomic E-state index is 12.1. The van der Waals surface area contributed by atoms with Crippen molar-refractivity contribution < 1.29 is 4.79 Å². The number of thioether (sulfide) groups is 1. The van der Waals surface area contributed by atoms with E-state index >= 15 is 0 Å². The standard InChI is InChI=1S/C19H19N3OS/c1-13-6-5-8-15(10-13)12-20-22-19-21-18(23)17(24-19)11-16-9-4-3-7-14(16)2/h3-10,12,17H,11H2,1-2H3,(H,21,22,23)/b20-12+. The Morgan fingerprint density at radius 1 is 1.17 bits per heavy atom. The van der Waals surface area contributed by atoms with Gasteiger partial charge in [-0.1, -0.05) is 65.9 Å². The molecule has 1 aliphatic rings. The monoisotopic (exact) mass is 337 g/mol. The number of hydrogen-bond donors (Lipinski definition) is 1. The lowest BCUT2D eigenvalue weighted by atomic mass is 10.0. The second-order valence-corrected chi connectivity index (χ2v) is 6.98. The third kappa shape index (κ3) is 4.11. The molecule has 1 atom stereocenters. The molecule has 0 spiro atoms. The van der Waals surface area contributed by atoms with E-state index in [1.165, 1.54) is 28.5 Å². The summed E-state index contributed by atoms with van der Waals surface area (Å²) in [4.78, 5) is 12.1. The zero-order chi connectivity index (χ0) is 16.9. The Balaban J connectivity index is 1.65. The van der Waals surface area contributed by atoms with Gasteiger partial charge in [0.1, 0.15) is 0 Å². The number of nitrogens with zero attached hydrogens (tertiary/aromatic N) is 2. The summed E-state index contributed by atoms with van der Waals surface area (Å²) in [6.45, 7) is 4.10. The molecule has 4 nitrogen and oxygen atoms in total. The molecule has 1 amide bonds. The van der Waals surface area contributed by atoms with Gasteiger partial charge < -0.3 is 5.32 Å². The first-order chi connectivity index (χ1) is 11.6. The van der Waals surface area contributed by atoms with Crippen LogP contribution < -0.4 is 5.32 Å². The normalized spacial score (nSPS) is 19.2. The Morgan fingerprint density at radius 3 is 2.79 bits per heavy atom. The molecule has 122 valence electrons. The summed E-state index contributed by atoms with van der Waals surface area (Å²) in [6, 6.07) is 16.2. The highest BCUT2D eigenvalue weighted by atomic mass is 32.2. The summed E-state index contributed by atoms with van der Waals surface area (Å²) in [5.74, 6) is -0.00670. The average Bonchev–Trinajstić information content (AvgIpc) is 2.90. The molecule has 2 aromatic carbocycles. The third-order valence-electron chi connectivity index (χ3n) is 3.84. The van der Waals surface area contributed by atoms with Crippen molar-refractivity contribution in [3.63, 3.8) is 0 Å². The zero-order valence-corrected chi connectivity index (χ0v) is 14.5. The minimum atomic E-state index is -0.154. The van der Waals surface area contributed by atoms with Gasteiger partial charge in [0.2, 0.25) is 5.91 Å². The van der Waals surface area contributed by atoms with Crippen LogP contribution >= 0.6 is 11.8 Å². The number of hydrogen-bond acceptors (Lipinski definition) is 4. The molecule has 2 aromatic rings. The van der Waals surface area contributed by atoms with Crippen molar-refractivity contribution >= 4 is 29.1 Å². The molecule has 24 heavy (non-hydrogen) atoms. The van der Waals surface area contributed by atoms with Gasteiger partial charge in [0.15, 0.2) is 5.17 Å². The molecule has 0 aliphatic carbocycles. The number of aryl methyl sites for hydroxylation is 2. The summed E-state index contributed by atoms with van der Waals surface area (Å²) in [5, 5.41) is 11.4.